The van der Waals surface area contributed by atoms with Crippen LogP contribution in [0.5, 0.6) is 0 Å². The average molecular weight is 431 g/mol. The van der Waals surface area contributed by atoms with E-state index in [1.54, 1.807) is 0 Å². The molecule has 0 aromatic heterocycles. The van der Waals surface area contributed by atoms with Crippen molar-refractivity contribution in [2.45, 2.75) is 0 Å². The molecule has 0 amide bonds. The van der Waals surface area contributed by atoms with Crippen molar-refractivity contribution >= 4 is 89.8 Å². The zero-order chi connectivity index (χ0) is 0. The molecule has 0 saturated carbocycles. The Kier molecular flexibility index (Phi) is 101. The molecule has 6 radical (unpaired) electrons. The molecule has 0 aromatic rings. The molecule has 0 N–H and O–H groups in total. The van der Waals surface area contributed by atoms with Gasteiger partial charge in [0.2, 0.25) is 0 Å². The van der Waals surface area contributed by atoms with Gasteiger partial charge in [0, 0.05) is 71.5 Å². The van der Waals surface area contributed by atoms with Gasteiger partial charge in [0.25, 0.3) is 0 Å². The van der Waals surface area contributed by atoms with Crippen LogP contribution in [0.2, 0.25) is 0 Å². The van der Waals surface area contributed by atoms with Crippen LogP contribution in [-0.4, -0.2) is 89.8 Å². The topological polar surface area (TPSA) is 0 Å². The van der Waals surface area contributed by atoms with Crippen LogP contribution in [0.25, 0.3) is 0 Å². The Balaban J connectivity index is 0. The first-order chi connectivity index (χ1) is 0. The summed E-state index contributed by atoms with van der Waals surface area (Å²) in [6.07, 6.45) is 0. The van der Waals surface area contributed by atoms with Crippen molar-refractivity contribution in [1.82, 2.24) is 0 Å². The van der Waals surface area contributed by atoms with Crippen molar-refractivity contribution < 1.29 is 19.5 Å². The summed E-state index contributed by atoms with van der Waals surface area (Å²) in [5, 5.41) is 0. The molecule has 0 bridgehead atoms. The van der Waals surface area contributed by atoms with Crippen molar-refractivity contribution in [2.24, 2.45) is 0 Å². The molecule has 0 aliphatic rings. The molecule has 0 atom stereocenters. The molecule has 0 aliphatic carbocycles. The zero-order valence-corrected chi connectivity index (χ0v) is 11.5. The van der Waals surface area contributed by atoms with Crippen LogP contribution in [0.3, 0.4) is 0 Å². The molecule has 0 spiro atoms. The van der Waals surface area contributed by atoms with Crippen molar-refractivity contribution in [3.63, 3.8) is 0 Å². The fraction of sp³-hybridized carbons (Fsp3) is 0. The Morgan fingerprint density at radius 3 is 1.00 bits per heavy atom. The van der Waals surface area contributed by atoms with Gasteiger partial charge in [0.15, 0.2) is 0 Å². The van der Waals surface area contributed by atoms with E-state index in [9.17, 15) is 0 Å². The van der Waals surface area contributed by atoms with Gasteiger partial charge in [-0.25, -0.2) is 0 Å². The summed E-state index contributed by atoms with van der Waals surface area (Å²) < 4.78 is 0. The van der Waals surface area contributed by atoms with E-state index in [0.717, 1.165) is 0 Å². The second-order valence-electron chi connectivity index (χ2n) is 0. The molecule has 4 heavy (non-hydrogen) atoms. The Morgan fingerprint density at radius 2 is 1.00 bits per heavy atom. The average Bonchev–Trinajstić information content (AvgIpc) is 0. The molecule has 0 heterocycles. The van der Waals surface area contributed by atoms with Crippen molar-refractivity contribution in [1.29, 1.82) is 0 Å². The fourth-order valence-electron chi connectivity index (χ4n) is 0. The number of hydrogen-bond acceptors (Lipinski definition) is 0. The van der Waals surface area contributed by atoms with Gasteiger partial charge in [-0.3, -0.25) is 0 Å². The molecular formula is H2BiCaInZn. The van der Waals surface area contributed by atoms with Gasteiger partial charge in [-0.15, -0.1) is 0 Å². The molecule has 0 aliphatic heterocycles. The van der Waals surface area contributed by atoms with Gasteiger partial charge in [-0.2, -0.15) is 0 Å². The van der Waals surface area contributed by atoms with Crippen LogP contribution >= 0.6 is 0 Å². The molecule has 0 unspecified atom stereocenters. The first-order valence-electron chi connectivity index (χ1n) is 0. The van der Waals surface area contributed by atoms with E-state index in [1.165, 1.54) is 0 Å². The number of rotatable bonds is 0. The Labute approximate surface area is 107 Å². The second kappa shape index (κ2) is 15.9. The minimum atomic E-state index is 0. The van der Waals surface area contributed by atoms with E-state index < -0.39 is 0 Å². The monoisotopic (exact) mass is 430 g/mol. The standard InChI is InChI=1S/Bi.Ca.In.Zn.2H. The molecule has 0 fully saturated rings. The summed E-state index contributed by atoms with van der Waals surface area (Å²) >= 11 is 0. The van der Waals surface area contributed by atoms with Crippen LogP contribution in [0.4, 0.5) is 0 Å². The molecule has 0 nitrogen and oxygen atoms in total. The summed E-state index contributed by atoms with van der Waals surface area (Å²) in [5.74, 6) is 0. The predicted molar refractivity (Wildman–Crippen MR) is 20.1 cm³/mol. The van der Waals surface area contributed by atoms with Gasteiger partial charge in [0.1, 0.15) is 0 Å². The Morgan fingerprint density at radius 1 is 1.00 bits per heavy atom. The predicted octanol–water partition coefficient (Wildman–Crippen LogP) is -1.68. The third kappa shape index (κ3) is 9.16. The van der Waals surface area contributed by atoms with E-state index in [1.807, 2.05) is 0 Å². The number of hydrogen-bond donors (Lipinski definition) is 0. The van der Waals surface area contributed by atoms with E-state index in [2.05, 4.69) is 0 Å². The van der Waals surface area contributed by atoms with Crippen molar-refractivity contribution in [3.05, 3.63) is 0 Å². The molecule has 0 rings (SSSR count). The van der Waals surface area contributed by atoms with Crippen molar-refractivity contribution in [3.8, 4) is 0 Å². The molecule has 0 aromatic carbocycles. The van der Waals surface area contributed by atoms with E-state index >= 15 is 0 Å². The quantitative estimate of drug-likeness (QED) is 0.403. The normalized spacial score (nSPS) is 0. The van der Waals surface area contributed by atoms with Crippen LogP contribution in [0.1, 0.15) is 0 Å². The second-order valence-corrected chi connectivity index (χ2v) is 0. The minimum absolute atomic E-state index is 0. The summed E-state index contributed by atoms with van der Waals surface area (Å²) in [6, 6.07) is 0. The van der Waals surface area contributed by atoms with E-state index in [0.29, 0.717) is 0 Å². The first-order valence-corrected chi connectivity index (χ1v) is 0. The summed E-state index contributed by atoms with van der Waals surface area (Å²) in [6.45, 7) is 0. The van der Waals surface area contributed by atoms with E-state index in [4.69, 9.17) is 0 Å². The third-order valence-corrected chi connectivity index (χ3v) is 0. The first kappa shape index (κ1) is 25.4. The fourth-order valence-corrected chi connectivity index (χ4v) is 0. The molecule has 14 valence electrons. The van der Waals surface area contributed by atoms with Gasteiger partial charge in [0.05, 0.1) is 0 Å². The third-order valence-electron chi connectivity index (χ3n) is 0. The van der Waals surface area contributed by atoms with Crippen LogP contribution < -0.4 is 0 Å². The van der Waals surface area contributed by atoms with Gasteiger partial charge < -0.3 is 0 Å². The van der Waals surface area contributed by atoms with Crippen molar-refractivity contribution in [2.75, 3.05) is 0 Å². The maximum atomic E-state index is 0. The van der Waals surface area contributed by atoms with Crippen LogP contribution in [0.15, 0.2) is 0 Å². The SMILES string of the molecule is [Bi].[CaH2].[In].[Zn]. The minimum Gasteiger partial charge on any atom is 0 e. The summed E-state index contributed by atoms with van der Waals surface area (Å²) in [5.41, 5.74) is 0. The maximum absolute atomic E-state index is 0. The maximum Gasteiger partial charge on any atom is 0 e. The van der Waals surface area contributed by atoms with E-state index in [-0.39, 0.29) is 109 Å². The Hall–Kier alpha value is 3.64. The smallest absolute Gasteiger partial charge is 0 e. The molecule has 4 heteroatoms. The molecule has 0 saturated heterocycles. The summed E-state index contributed by atoms with van der Waals surface area (Å²) in [4.78, 5) is 0. The zero-order valence-electron chi connectivity index (χ0n) is 1.73. The Bertz CT molecular complexity index is 8.00. The van der Waals surface area contributed by atoms with Gasteiger partial charge in [-0.1, -0.05) is 0 Å². The summed E-state index contributed by atoms with van der Waals surface area (Å²) in [7, 11) is 0. The van der Waals surface area contributed by atoms with Gasteiger partial charge in [-0.05, 0) is 0 Å². The van der Waals surface area contributed by atoms with Crippen LogP contribution in [0, 0.1) is 0 Å². The molecular weight excluding hydrogens is 429 g/mol. The largest absolute Gasteiger partial charge is 0 e. The van der Waals surface area contributed by atoms with Gasteiger partial charge >= 0.3 is 37.7 Å². The van der Waals surface area contributed by atoms with Crippen LogP contribution in [-0.2, 0) is 19.5 Å².